The van der Waals surface area contributed by atoms with E-state index < -0.39 is 15.3 Å². The summed E-state index contributed by atoms with van der Waals surface area (Å²) in [6.45, 7) is 6.08. The fourth-order valence-corrected chi connectivity index (χ4v) is 2.54. The third-order valence-corrected chi connectivity index (χ3v) is 4.47. The van der Waals surface area contributed by atoms with Gasteiger partial charge in [-0.25, -0.2) is 13.1 Å². The number of rotatable bonds is 9. The normalized spacial score (nSPS) is 13.7. The van der Waals surface area contributed by atoms with Gasteiger partial charge in [-0.1, -0.05) is 6.92 Å². The Morgan fingerprint density at radius 1 is 1.44 bits per heavy atom. The van der Waals surface area contributed by atoms with E-state index in [1.54, 1.807) is 17.8 Å². The second-order valence-corrected chi connectivity index (χ2v) is 6.36. The molecule has 0 aliphatic carbocycles. The second kappa shape index (κ2) is 7.50. The lowest BCUT2D eigenvalue weighted by Gasteiger charge is -2.14. The number of nitrogens with zero attached hydrogens (tertiary/aromatic N) is 2. The number of aromatic nitrogens is 2. The average molecular weight is 274 g/mol. The predicted octanol–water partition coefficient (Wildman–Crippen LogP) is 0.191. The summed E-state index contributed by atoms with van der Waals surface area (Å²) in [5.74, 6) is 0. The van der Waals surface area contributed by atoms with Gasteiger partial charge in [-0.15, -0.1) is 0 Å². The van der Waals surface area contributed by atoms with Crippen LogP contribution in [0.15, 0.2) is 18.5 Å². The molecule has 0 radical (unpaired) electrons. The van der Waals surface area contributed by atoms with Crippen LogP contribution in [0.1, 0.15) is 20.3 Å². The van der Waals surface area contributed by atoms with Crippen molar-refractivity contribution < 1.29 is 8.42 Å². The summed E-state index contributed by atoms with van der Waals surface area (Å²) in [7, 11) is -3.22. The zero-order valence-electron chi connectivity index (χ0n) is 11.0. The minimum atomic E-state index is -3.22. The van der Waals surface area contributed by atoms with Crippen LogP contribution in [0.4, 0.5) is 0 Å². The van der Waals surface area contributed by atoms with Crippen molar-refractivity contribution in [3.63, 3.8) is 0 Å². The molecule has 1 heterocycles. The van der Waals surface area contributed by atoms with E-state index in [4.69, 9.17) is 0 Å². The third kappa shape index (κ3) is 5.16. The summed E-state index contributed by atoms with van der Waals surface area (Å²) in [5.41, 5.74) is 0. The Kier molecular flexibility index (Phi) is 6.31. The Hall–Kier alpha value is -0.920. The monoisotopic (exact) mass is 274 g/mol. The fourth-order valence-electron chi connectivity index (χ4n) is 1.49. The maximum absolute atomic E-state index is 11.8. The standard InChI is InChI=1S/C11H22N4O2S/c1-3-12-10-11(2)18(16,17)14-7-5-9-15-8-4-6-13-15/h4,6,8,11-12,14H,3,5,7,9-10H2,1-2H3. The van der Waals surface area contributed by atoms with Crippen molar-refractivity contribution in [1.29, 1.82) is 0 Å². The molecule has 0 aromatic carbocycles. The first kappa shape index (κ1) is 15.1. The highest BCUT2D eigenvalue weighted by molar-refractivity contribution is 7.90. The molecule has 7 heteroatoms. The fraction of sp³-hybridized carbons (Fsp3) is 0.727. The lowest BCUT2D eigenvalue weighted by Crippen LogP contribution is -2.39. The van der Waals surface area contributed by atoms with Gasteiger partial charge in [0, 0.05) is 32.0 Å². The Bertz CT molecular complexity index is 416. The molecule has 0 saturated carbocycles. The van der Waals surface area contributed by atoms with E-state index in [2.05, 4.69) is 15.1 Å². The van der Waals surface area contributed by atoms with E-state index in [9.17, 15) is 8.42 Å². The van der Waals surface area contributed by atoms with Gasteiger partial charge in [-0.2, -0.15) is 5.10 Å². The number of hydrogen-bond acceptors (Lipinski definition) is 4. The number of aryl methyl sites for hydroxylation is 1. The van der Waals surface area contributed by atoms with E-state index >= 15 is 0 Å². The lowest BCUT2D eigenvalue weighted by molar-refractivity contribution is 0.541. The van der Waals surface area contributed by atoms with Gasteiger partial charge < -0.3 is 5.32 Å². The van der Waals surface area contributed by atoms with E-state index in [0.717, 1.165) is 19.5 Å². The van der Waals surface area contributed by atoms with Crippen LogP contribution in [0.3, 0.4) is 0 Å². The average Bonchev–Trinajstić information content (AvgIpc) is 2.84. The van der Waals surface area contributed by atoms with Crippen LogP contribution in [0, 0.1) is 0 Å². The summed E-state index contributed by atoms with van der Waals surface area (Å²) in [6.07, 6.45) is 4.31. The molecule has 0 fully saturated rings. The number of nitrogens with one attached hydrogen (secondary N) is 2. The van der Waals surface area contributed by atoms with Crippen LogP contribution in [0.5, 0.6) is 0 Å². The molecule has 6 nitrogen and oxygen atoms in total. The van der Waals surface area contributed by atoms with Crippen molar-refractivity contribution in [3.05, 3.63) is 18.5 Å². The van der Waals surface area contributed by atoms with Crippen LogP contribution in [0.25, 0.3) is 0 Å². The van der Waals surface area contributed by atoms with Crippen LogP contribution in [0.2, 0.25) is 0 Å². The van der Waals surface area contributed by atoms with E-state index in [0.29, 0.717) is 13.1 Å². The van der Waals surface area contributed by atoms with E-state index in [1.165, 1.54) is 0 Å². The Morgan fingerprint density at radius 3 is 2.83 bits per heavy atom. The van der Waals surface area contributed by atoms with Crippen molar-refractivity contribution in [3.8, 4) is 0 Å². The summed E-state index contributed by atoms with van der Waals surface area (Å²) < 4.78 is 28.1. The molecule has 1 unspecified atom stereocenters. The maximum atomic E-state index is 11.8. The Balaban J connectivity index is 2.24. The molecule has 0 spiro atoms. The van der Waals surface area contributed by atoms with Crippen molar-refractivity contribution in [2.75, 3.05) is 19.6 Å². The quantitative estimate of drug-likeness (QED) is 0.630. The van der Waals surface area contributed by atoms with Crippen LogP contribution < -0.4 is 10.0 Å². The molecule has 0 saturated heterocycles. The van der Waals surface area contributed by atoms with Crippen molar-refractivity contribution in [2.45, 2.75) is 32.1 Å². The van der Waals surface area contributed by atoms with Gasteiger partial charge in [0.05, 0.1) is 5.25 Å². The summed E-state index contributed by atoms with van der Waals surface area (Å²) in [6, 6.07) is 1.85. The molecule has 0 aliphatic rings. The summed E-state index contributed by atoms with van der Waals surface area (Å²) in [4.78, 5) is 0. The van der Waals surface area contributed by atoms with Crippen molar-refractivity contribution >= 4 is 10.0 Å². The first-order valence-electron chi connectivity index (χ1n) is 6.23. The van der Waals surface area contributed by atoms with Crippen LogP contribution >= 0.6 is 0 Å². The van der Waals surface area contributed by atoms with Gasteiger partial charge in [-0.05, 0) is 26.0 Å². The molecule has 0 bridgehead atoms. The number of sulfonamides is 1. The van der Waals surface area contributed by atoms with E-state index in [-0.39, 0.29) is 0 Å². The largest absolute Gasteiger partial charge is 0.316 e. The highest BCUT2D eigenvalue weighted by Gasteiger charge is 2.18. The minimum Gasteiger partial charge on any atom is -0.316 e. The molecule has 0 aliphatic heterocycles. The Morgan fingerprint density at radius 2 is 2.22 bits per heavy atom. The molecule has 2 N–H and O–H groups in total. The highest BCUT2D eigenvalue weighted by Crippen LogP contribution is 1.97. The first-order chi connectivity index (χ1) is 8.56. The first-order valence-corrected chi connectivity index (χ1v) is 7.77. The third-order valence-electron chi connectivity index (χ3n) is 2.64. The molecule has 1 aromatic heterocycles. The Labute approximate surface area is 109 Å². The van der Waals surface area contributed by atoms with Gasteiger partial charge in [0.1, 0.15) is 0 Å². The van der Waals surface area contributed by atoms with Gasteiger partial charge >= 0.3 is 0 Å². The van der Waals surface area contributed by atoms with Crippen LogP contribution in [-0.4, -0.2) is 43.1 Å². The topological polar surface area (TPSA) is 76.0 Å². The molecule has 18 heavy (non-hydrogen) atoms. The molecule has 0 amide bonds. The molecule has 1 atom stereocenters. The SMILES string of the molecule is CCNCC(C)S(=O)(=O)NCCCn1cccn1. The molecule has 1 rings (SSSR count). The van der Waals surface area contributed by atoms with Gasteiger partial charge in [-0.3, -0.25) is 4.68 Å². The smallest absolute Gasteiger partial charge is 0.215 e. The summed E-state index contributed by atoms with van der Waals surface area (Å²) in [5, 5.41) is 6.67. The molecular weight excluding hydrogens is 252 g/mol. The highest BCUT2D eigenvalue weighted by atomic mass is 32.2. The van der Waals surface area contributed by atoms with Crippen LogP contribution in [-0.2, 0) is 16.6 Å². The second-order valence-electron chi connectivity index (χ2n) is 4.18. The molecule has 104 valence electrons. The molecule has 1 aromatic rings. The zero-order valence-corrected chi connectivity index (χ0v) is 11.8. The van der Waals surface area contributed by atoms with Gasteiger partial charge in [0.15, 0.2) is 0 Å². The van der Waals surface area contributed by atoms with E-state index in [1.807, 2.05) is 19.2 Å². The van der Waals surface area contributed by atoms with Gasteiger partial charge in [0.25, 0.3) is 0 Å². The predicted molar refractivity (Wildman–Crippen MR) is 71.8 cm³/mol. The van der Waals surface area contributed by atoms with Crippen molar-refractivity contribution in [2.24, 2.45) is 0 Å². The maximum Gasteiger partial charge on any atom is 0.215 e. The van der Waals surface area contributed by atoms with Crippen molar-refractivity contribution in [1.82, 2.24) is 19.8 Å². The minimum absolute atomic E-state index is 0.415. The zero-order chi connectivity index (χ0) is 13.4. The molecular formula is C11H22N4O2S. The lowest BCUT2D eigenvalue weighted by atomic mass is 10.4. The van der Waals surface area contributed by atoms with Gasteiger partial charge in [0.2, 0.25) is 10.0 Å². The summed E-state index contributed by atoms with van der Waals surface area (Å²) >= 11 is 0. The number of hydrogen-bond donors (Lipinski definition) is 2.